The van der Waals surface area contributed by atoms with Gasteiger partial charge in [0.05, 0.1) is 16.8 Å². The Morgan fingerprint density at radius 3 is 2.45 bits per heavy atom. The van der Waals surface area contributed by atoms with Crippen LogP contribution in [0.4, 0.5) is 11.4 Å². The summed E-state index contributed by atoms with van der Waals surface area (Å²) in [6.45, 7) is 0. The topological polar surface area (TPSA) is 92.4 Å². The third-order valence-electron chi connectivity index (χ3n) is 2.67. The fourth-order valence-corrected chi connectivity index (χ4v) is 2.19. The molecule has 0 atom stereocenters. The van der Waals surface area contributed by atoms with Crippen molar-refractivity contribution in [3.05, 3.63) is 57.2 Å². The summed E-state index contributed by atoms with van der Waals surface area (Å²) in [5.41, 5.74) is 6.65. The van der Waals surface area contributed by atoms with Gasteiger partial charge in [0.25, 0.3) is 5.91 Å². The van der Waals surface area contributed by atoms with E-state index in [2.05, 4.69) is 5.32 Å². The number of aromatic carboxylic acids is 1. The zero-order valence-electron chi connectivity index (χ0n) is 10.3. The summed E-state index contributed by atoms with van der Waals surface area (Å²) >= 11 is 2.01. The number of nitrogens with two attached hydrogens (primary N) is 1. The molecule has 0 aliphatic rings. The minimum atomic E-state index is -1.10. The van der Waals surface area contributed by atoms with Crippen molar-refractivity contribution in [2.45, 2.75) is 0 Å². The van der Waals surface area contributed by atoms with Crippen molar-refractivity contribution < 1.29 is 14.7 Å². The fourth-order valence-electron chi connectivity index (χ4n) is 1.70. The predicted molar refractivity (Wildman–Crippen MR) is 84.9 cm³/mol. The Morgan fingerprint density at radius 1 is 1.10 bits per heavy atom. The van der Waals surface area contributed by atoms with Gasteiger partial charge in [0.15, 0.2) is 0 Å². The molecule has 0 saturated carbocycles. The number of amides is 1. The van der Waals surface area contributed by atoms with Gasteiger partial charge in [-0.25, -0.2) is 4.79 Å². The Hall–Kier alpha value is -2.09. The molecule has 0 unspecified atom stereocenters. The maximum atomic E-state index is 12.1. The van der Waals surface area contributed by atoms with Crippen molar-refractivity contribution in [2.75, 3.05) is 11.1 Å². The summed E-state index contributed by atoms with van der Waals surface area (Å²) < 4.78 is 0.775. The highest BCUT2D eigenvalue weighted by atomic mass is 127. The van der Waals surface area contributed by atoms with Gasteiger partial charge in [-0.3, -0.25) is 4.79 Å². The van der Waals surface area contributed by atoms with E-state index in [0.717, 1.165) is 3.57 Å². The van der Waals surface area contributed by atoms with E-state index in [4.69, 9.17) is 10.8 Å². The van der Waals surface area contributed by atoms with Crippen LogP contribution in [0, 0.1) is 3.57 Å². The number of nitrogens with one attached hydrogen (secondary N) is 1. The van der Waals surface area contributed by atoms with Crippen molar-refractivity contribution in [3.8, 4) is 0 Å². The van der Waals surface area contributed by atoms with E-state index in [1.807, 2.05) is 22.6 Å². The van der Waals surface area contributed by atoms with Crippen molar-refractivity contribution in [3.63, 3.8) is 0 Å². The number of nitrogen functional groups attached to an aromatic ring is 1. The minimum Gasteiger partial charge on any atom is -0.478 e. The molecule has 0 aliphatic heterocycles. The molecule has 20 heavy (non-hydrogen) atoms. The molecule has 2 aromatic rings. The van der Waals surface area contributed by atoms with Crippen molar-refractivity contribution in [1.82, 2.24) is 0 Å². The number of benzene rings is 2. The Morgan fingerprint density at radius 2 is 1.80 bits per heavy atom. The van der Waals surface area contributed by atoms with Gasteiger partial charge >= 0.3 is 5.97 Å². The lowest BCUT2D eigenvalue weighted by Crippen LogP contribution is -2.16. The maximum Gasteiger partial charge on any atom is 0.337 e. The summed E-state index contributed by atoms with van der Waals surface area (Å²) in [5, 5.41) is 11.7. The lowest BCUT2D eigenvalue weighted by atomic mass is 10.1. The zero-order valence-corrected chi connectivity index (χ0v) is 12.4. The second kappa shape index (κ2) is 5.91. The lowest BCUT2D eigenvalue weighted by Gasteiger charge is -2.10. The molecule has 0 aromatic heterocycles. The average molecular weight is 382 g/mol. The third-order valence-corrected chi connectivity index (χ3v) is 3.34. The smallest absolute Gasteiger partial charge is 0.337 e. The molecule has 0 saturated heterocycles. The Labute approximate surface area is 128 Å². The van der Waals surface area contributed by atoms with Gasteiger partial charge in [-0.2, -0.15) is 0 Å². The quantitative estimate of drug-likeness (QED) is 0.562. The van der Waals surface area contributed by atoms with Gasteiger partial charge in [-0.15, -0.1) is 0 Å². The van der Waals surface area contributed by atoms with Crippen molar-refractivity contribution in [2.24, 2.45) is 0 Å². The number of carboxylic acids is 1. The number of hydrogen-bond donors (Lipinski definition) is 3. The number of carbonyl (C=O) groups is 2. The summed E-state index contributed by atoms with van der Waals surface area (Å²) in [6.07, 6.45) is 0. The number of anilines is 2. The van der Waals surface area contributed by atoms with Gasteiger partial charge in [0.1, 0.15) is 0 Å². The summed E-state index contributed by atoms with van der Waals surface area (Å²) in [5.74, 6) is -1.54. The standard InChI is InChI=1S/C14H11IN2O3/c15-8-5-6-12(10(7-8)14(19)20)17-13(18)9-3-1-2-4-11(9)16/h1-7H,16H2,(H,17,18)(H,19,20). The van der Waals surface area contributed by atoms with Gasteiger partial charge in [0, 0.05) is 9.26 Å². The molecule has 6 heteroatoms. The van der Waals surface area contributed by atoms with Gasteiger partial charge < -0.3 is 16.2 Å². The van der Waals surface area contributed by atoms with E-state index >= 15 is 0 Å². The molecule has 4 N–H and O–H groups in total. The van der Waals surface area contributed by atoms with E-state index in [0.29, 0.717) is 11.3 Å². The van der Waals surface area contributed by atoms with E-state index in [1.165, 1.54) is 6.07 Å². The summed E-state index contributed by atoms with van der Waals surface area (Å²) in [7, 11) is 0. The summed E-state index contributed by atoms with van der Waals surface area (Å²) in [4.78, 5) is 23.3. The van der Waals surface area contributed by atoms with Crippen LogP contribution in [-0.4, -0.2) is 17.0 Å². The minimum absolute atomic E-state index is 0.0414. The SMILES string of the molecule is Nc1ccccc1C(=O)Nc1ccc(I)cc1C(=O)O. The number of carboxylic acid groups (broad SMARTS) is 1. The van der Waals surface area contributed by atoms with Crippen LogP contribution in [0.2, 0.25) is 0 Å². The van der Waals surface area contributed by atoms with Gasteiger partial charge in [-0.05, 0) is 52.9 Å². The zero-order chi connectivity index (χ0) is 14.7. The first kappa shape index (κ1) is 14.3. The van der Waals surface area contributed by atoms with Crippen LogP contribution in [0.5, 0.6) is 0 Å². The van der Waals surface area contributed by atoms with Crippen LogP contribution >= 0.6 is 22.6 Å². The van der Waals surface area contributed by atoms with E-state index < -0.39 is 11.9 Å². The highest BCUT2D eigenvalue weighted by Gasteiger charge is 2.15. The third kappa shape index (κ3) is 3.08. The van der Waals surface area contributed by atoms with Crippen LogP contribution in [0.15, 0.2) is 42.5 Å². The monoisotopic (exact) mass is 382 g/mol. The predicted octanol–water partition coefficient (Wildman–Crippen LogP) is 2.82. The second-order valence-electron chi connectivity index (χ2n) is 4.04. The fraction of sp³-hybridized carbons (Fsp3) is 0. The number of para-hydroxylation sites is 1. The Bertz CT molecular complexity index is 686. The van der Waals surface area contributed by atoms with Crippen molar-refractivity contribution in [1.29, 1.82) is 0 Å². The lowest BCUT2D eigenvalue weighted by molar-refractivity contribution is 0.0698. The molecule has 0 radical (unpaired) electrons. The number of hydrogen-bond acceptors (Lipinski definition) is 3. The highest BCUT2D eigenvalue weighted by Crippen LogP contribution is 2.21. The number of halogens is 1. The maximum absolute atomic E-state index is 12.1. The molecule has 0 spiro atoms. The normalized spacial score (nSPS) is 10.1. The number of rotatable bonds is 3. The molecular formula is C14H11IN2O3. The van der Waals surface area contributed by atoms with E-state index in [9.17, 15) is 9.59 Å². The van der Waals surface area contributed by atoms with Crippen LogP contribution < -0.4 is 11.1 Å². The van der Waals surface area contributed by atoms with E-state index in [-0.39, 0.29) is 11.3 Å². The molecule has 0 heterocycles. The first-order valence-electron chi connectivity index (χ1n) is 5.67. The van der Waals surface area contributed by atoms with Gasteiger partial charge in [-0.1, -0.05) is 12.1 Å². The van der Waals surface area contributed by atoms with Crippen molar-refractivity contribution >= 4 is 45.8 Å². The molecular weight excluding hydrogens is 371 g/mol. The van der Waals surface area contributed by atoms with Gasteiger partial charge in [0.2, 0.25) is 0 Å². The first-order valence-corrected chi connectivity index (χ1v) is 6.75. The van der Waals surface area contributed by atoms with Crippen LogP contribution in [-0.2, 0) is 0 Å². The molecule has 2 aromatic carbocycles. The first-order chi connectivity index (χ1) is 9.49. The second-order valence-corrected chi connectivity index (χ2v) is 5.28. The molecule has 0 aliphatic carbocycles. The Kier molecular flexibility index (Phi) is 4.23. The van der Waals surface area contributed by atoms with Crippen LogP contribution in [0.1, 0.15) is 20.7 Å². The molecule has 5 nitrogen and oxygen atoms in total. The van der Waals surface area contributed by atoms with E-state index in [1.54, 1.807) is 36.4 Å². The average Bonchev–Trinajstić information content (AvgIpc) is 2.41. The Balaban J connectivity index is 2.33. The molecule has 1 amide bonds. The molecule has 2 rings (SSSR count). The molecule has 102 valence electrons. The highest BCUT2D eigenvalue weighted by molar-refractivity contribution is 14.1. The number of carbonyl (C=O) groups excluding carboxylic acids is 1. The summed E-state index contributed by atoms with van der Waals surface area (Å²) in [6, 6.07) is 11.4. The van der Waals surface area contributed by atoms with Crippen LogP contribution in [0.3, 0.4) is 0 Å². The molecule has 0 fully saturated rings. The largest absolute Gasteiger partial charge is 0.478 e. The van der Waals surface area contributed by atoms with Crippen LogP contribution in [0.25, 0.3) is 0 Å². The molecule has 0 bridgehead atoms.